The Morgan fingerprint density at radius 2 is 2.00 bits per heavy atom. The molecule has 0 aliphatic heterocycles. The topological polar surface area (TPSA) is 29.5 Å². The van der Waals surface area contributed by atoms with Gasteiger partial charge < -0.3 is 9.84 Å². The molecule has 0 unspecified atom stereocenters. The molecule has 0 saturated carbocycles. The second kappa shape index (κ2) is 6.26. The number of aliphatic hydroxyl groups is 1. The molecule has 0 bridgehead atoms. The van der Waals surface area contributed by atoms with Crippen LogP contribution in [0.15, 0.2) is 36.4 Å². The average Bonchev–Trinajstić information content (AvgIpc) is 2.43. The summed E-state index contributed by atoms with van der Waals surface area (Å²) in [5, 5.41) is 12.0. The minimum absolute atomic E-state index is 0.536. The summed E-state index contributed by atoms with van der Waals surface area (Å²) in [5.74, 6) is 6.60. The van der Waals surface area contributed by atoms with Crippen molar-refractivity contribution in [2.75, 3.05) is 6.61 Å². The van der Waals surface area contributed by atoms with Gasteiger partial charge in [-0.15, -0.1) is 11.8 Å². The summed E-state index contributed by atoms with van der Waals surface area (Å²) < 4.78 is 5.85. The van der Waals surface area contributed by atoms with Crippen molar-refractivity contribution in [3.8, 4) is 17.6 Å². The molecule has 1 atom stereocenters. The number of benzene rings is 2. The SMILES string of the molecule is CC#CCCOc1c([C@@H](C)O)ccc2ccccc12. The highest BCUT2D eigenvalue weighted by molar-refractivity contribution is 5.89. The van der Waals surface area contributed by atoms with Gasteiger partial charge in [-0.25, -0.2) is 0 Å². The molecule has 0 aliphatic carbocycles. The van der Waals surface area contributed by atoms with Crippen LogP contribution in [0, 0.1) is 11.8 Å². The fraction of sp³-hybridized carbons (Fsp3) is 0.294. The van der Waals surface area contributed by atoms with Gasteiger partial charge in [-0.1, -0.05) is 36.4 Å². The second-order valence-electron chi connectivity index (χ2n) is 4.41. The van der Waals surface area contributed by atoms with Crippen LogP contribution in [0.2, 0.25) is 0 Å². The third-order valence-corrected chi connectivity index (χ3v) is 3.01. The van der Waals surface area contributed by atoms with E-state index in [0.29, 0.717) is 13.0 Å². The number of fused-ring (bicyclic) bond motifs is 1. The van der Waals surface area contributed by atoms with Crippen LogP contribution in [-0.4, -0.2) is 11.7 Å². The molecule has 0 heterocycles. The highest BCUT2D eigenvalue weighted by Gasteiger charge is 2.12. The molecular formula is C17H18O2. The van der Waals surface area contributed by atoms with E-state index in [-0.39, 0.29) is 0 Å². The summed E-state index contributed by atoms with van der Waals surface area (Å²) in [6.07, 6.45) is 0.149. The van der Waals surface area contributed by atoms with Crippen LogP contribution >= 0.6 is 0 Å². The Morgan fingerprint density at radius 3 is 2.74 bits per heavy atom. The van der Waals surface area contributed by atoms with Gasteiger partial charge in [0.2, 0.25) is 0 Å². The molecule has 0 aromatic heterocycles. The number of ether oxygens (including phenoxy) is 1. The van der Waals surface area contributed by atoms with Crippen molar-refractivity contribution in [1.29, 1.82) is 0 Å². The molecule has 0 radical (unpaired) electrons. The van der Waals surface area contributed by atoms with Crippen LogP contribution in [0.1, 0.15) is 31.9 Å². The van der Waals surface area contributed by atoms with Crippen LogP contribution in [-0.2, 0) is 0 Å². The third kappa shape index (κ3) is 3.07. The van der Waals surface area contributed by atoms with Crippen molar-refractivity contribution < 1.29 is 9.84 Å². The second-order valence-corrected chi connectivity index (χ2v) is 4.41. The normalized spacial score (nSPS) is 11.7. The van der Waals surface area contributed by atoms with E-state index >= 15 is 0 Å². The van der Waals surface area contributed by atoms with Gasteiger partial charge in [0.25, 0.3) is 0 Å². The minimum atomic E-state index is -0.545. The summed E-state index contributed by atoms with van der Waals surface area (Å²) in [5.41, 5.74) is 0.822. The Kier molecular flexibility index (Phi) is 4.43. The van der Waals surface area contributed by atoms with E-state index in [0.717, 1.165) is 22.1 Å². The largest absolute Gasteiger partial charge is 0.492 e. The van der Waals surface area contributed by atoms with E-state index < -0.39 is 6.10 Å². The molecule has 2 rings (SSSR count). The predicted octanol–water partition coefficient (Wildman–Crippen LogP) is 3.69. The Labute approximate surface area is 114 Å². The average molecular weight is 254 g/mol. The third-order valence-electron chi connectivity index (χ3n) is 3.01. The zero-order valence-corrected chi connectivity index (χ0v) is 11.3. The van der Waals surface area contributed by atoms with Crippen molar-refractivity contribution in [2.24, 2.45) is 0 Å². The monoisotopic (exact) mass is 254 g/mol. The first-order valence-electron chi connectivity index (χ1n) is 6.46. The predicted molar refractivity (Wildman–Crippen MR) is 78.1 cm³/mol. The highest BCUT2D eigenvalue weighted by atomic mass is 16.5. The van der Waals surface area contributed by atoms with Gasteiger partial charge in [0, 0.05) is 17.4 Å². The lowest BCUT2D eigenvalue weighted by Crippen LogP contribution is -2.02. The van der Waals surface area contributed by atoms with Crippen LogP contribution in [0.25, 0.3) is 10.8 Å². The molecule has 1 N–H and O–H groups in total. The first-order chi connectivity index (χ1) is 9.24. The van der Waals surface area contributed by atoms with Crippen LogP contribution in [0.5, 0.6) is 5.75 Å². The lowest BCUT2D eigenvalue weighted by molar-refractivity contribution is 0.192. The molecule has 0 saturated heterocycles. The zero-order chi connectivity index (χ0) is 13.7. The van der Waals surface area contributed by atoms with E-state index in [9.17, 15) is 5.11 Å². The van der Waals surface area contributed by atoms with Crippen molar-refractivity contribution >= 4 is 10.8 Å². The van der Waals surface area contributed by atoms with Crippen molar-refractivity contribution in [1.82, 2.24) is 0 Å². The molecule has 0 fully saturated rings. The Balaban J connectivity index is 2.39. The lowest BCUT2D eigenvalue weighted by atomic mass is 10.0. The molecular weight excluding hydrogens is 236 g/mol. The van der Waals surface area contributed by atoms with E-state index in [4.69, 9.17) is 4.74 Å². The van der Waals surface area contributed by atoms with E-state index in [2.05, 4.69) is 11.8 Å². The smallest absolute Gasteiger partial charge is 0.132 e. The van der Waals surface area contributed by atoms with E-state index in [1.165, 1.54) is 0 Å². The number of hydrogen-bond acceptors (Lipinski definition) is 2. The van der Waals surface area contributed by atoms with Gasteiger partial charge in [-0.2, -0.15) is 0 Å². The first kappa shape index (κ1) is 13.5. The molecule has 19 heavy (non-hydrogen) atoms. The Hall–Kier alpha value is -1.98. The highest BCUT2D eigenvalue weighted by Crippen LogP contribution is 2.33. The fourth-order valence-corrected chi connectivity index (χ4v) is 2.08. The van der Waals surface area contributed by atoms with Crippen molar-refractivity contribution in [2.45, 2.75) is 26.4 Å². The molecule has 98 valence electrons. The molecule has 2 aromatic carbocycles. The molecule has 0 spiro atoms. The maximum Gasteiger partial charge on any atom is 0.132 e. The summed E-state index contributed by atoms with van der Waals surface area (Å²) >= 11 is 0. The van der Waals surface area contributed by atoms with Gasteiger partial charge in [-0.3, -0.25) is 0 Å². The summed E-state index contributed by atoms with van der Waals surface area (Å²) in [6, 6.07) is 12.0. The van der Waals surface area contributed by atoms with Gasteiger partial charge >= 0.3 is 0 Å². The summed E-state index contributed by atoms with van der Waals surface area (Å²) in [7, 11) is 0. The zero-order valence-electron chi connectivity index (χ0n) is 11.3. The van der Waals surface area contributed by atoms with Gasteiger partial charge in [-0.05, 0) is 19.2 Å². The quantitative estimate of drug-likeness (QED) is 0.666. The number of hydrogen-bond donors (Lipinski definition) is 1. The molecule has 0 amide bonds. The minimum Gasteiger partial charge on any atom is -0.492 e. The van der Waals surface area contributed by atoms with Crippen molar-refractivity contribution in [3.63, 3.8) is 0 Å². The fourth-order valence-electron chi connectivity index (χ4n) is 2.08. The van der Waals surface area contributed by atoms with Crippen LogP contribution in [0.3, 0.4) is 0 Å². The maximum atomic E-state index is 9.86. The first-order valence-corrected chi connectivity index (χ1v) is 6.46. The Morgan fingerprint density at radius 1 is 1.21 bits per heavy atom. The van der Waals surface area contributed by atoms with E-state index in [1.54, 1.807) is 6.92 Å². The van der Waals surface area contributed by atoms with Gasteiger partial charge in [0.1, 0.15) is 5.75 Å². The molecule has 2 aromatic rings. The molecule has 2 heteroatoms. The summed E-state index contributed by atoms with van der Waals surface area (Å²) in [4.78, 5) is 0. The van der Waals surface area contributed by atoms with E-state index in [1.807, 2.05) is 43.3 Å². The van der Waals surface area contributed by atoms with Crippen LogP contribution in [0.4, 0.5) is 0 Å². The molecule has 0 aliphatic rings. The van der Waals surface area contributed by atoms with Gasteiger partial charge in [0.05, 0.1) is 12.7 Å². The number of aliphatic hydroxyl groups excluding tert-OH is 1. The lowest BCUT2D eigenvalue weighted by Gasteiger charge is -2.15. The number of rotatable bonds is 4. The standard InChI is InChI=1S/C17H18O2/c1-3-4-7-12-19-17-15(13(2)18)11-10-14-8-5-6-9-16(14)17/h5-6,8-11,13,18H,7,12H2,1-2H3/t13-/m1/s1. The maximum absolute atomic E-state index is 9.86. The Bertz CT molecular complexity index is 618. The molecule has 2 nitrogen and oxygen atoms in total. The van der Waals surface area contributed by atoms with Crippen molar-refractivity contribution in [3.05, 3.63) is 42.0 Å². The summed E-state index contributed by atoms with van der Waals surface area (Å²) in [6.45, 7) is 4.11. The van der Waals surface area contributed by atoms with Crippen LogP contribution < -0.4 is 4.74 Å². The van der Waals surface area contributed by atoms with Gasteiger partial charge in [0.15, 0.2) is 0 Å².